The first-order valence-electron chi connectivity index (χ1n) is 11.6. The number of alkyl carbamates (subject to hydrolysis) is 1. The van der Waals surface area contributed by atoms with Crippen LogP contribution in [0.4, 0.5) is 9.18 Å². The second-order valence-electron chi connectivity index (χ2n) is 10.6. The van der Waals surface area contributed by atoms with Crippen molar-refractivity contribution >= 4 is 18.0 Å². The van der Waals surface area contributed by atoms with Gasteiger partial charge in [0.15, 0.2) is 0 Å². The maximum Gasteiger partial charge on any atom is 0.408 e. The second-order valence-corrected chi connectivity index (χ2v) is 10.6. The number of amides is 2. The van der Waals surface area contributed by atoms with Crippen LogP contribution in [0, 0.1) is 23.6 Å². The first kappa shape index (κ1) is 23.4. The van der Waals surface area contributed by atoms with Gasteiger partial charge in [0.25, 0.3) is 5.91 Å². The van der Waals surface area contributed by atoms with Crippen LogP contribution >= 0.6 is 0 Å². The van der Waals surface area contributed by atoms with E-state index in [4.69, 9.17) is 9.47 Å². The lowest BCUT2D eigenvalue weighted by molar-refractivity contribution is -0.156. The molecule has 33 heavy (non-hydrogen) atoms. The van der Waals surface area contributed by atoms with Crippen LogP contribution in [-0.4, -0.2) is 58.2 Å². The molecular weight excluding hydrogens is 429 g/mol. The molecule has 180 valence electrons. The molecule has 1 aromatic rings. The molecule has 2 saturated carbocycles. The summed E-state index contributed by atoms with van der Waals surface area (Å²) in [7, 11) is 0. The number of fused-ring (bicyclic) bond motifs is 4. The molecule has 2 bridgehead atoms. The fraction of sp³-hybridized carbons (Fsp3) is 0.667. The van der Waals surface area contributed by atoms with Crippen LogP contribution in [0.15, 0.2) is 18.3 Å². The van der Waals surface area contributed by atoms with E-state index in [0.717, 1.165) is 25.5 Å². The van der Waals surface area contributed by atoms with Gasteiger partial charge in [-0.1, -0.05) is 6.92 Å². The number of rotatable bonds is 4. The molecule has 9 heteroatoms. The van der Waals surface area contributed by atoms with Gasteiger partial charge >= 0.3 is 12.1 Å². The van der Waals surface area contributed by atoms with Crippen LogP contribution in [0.25, 0.3) is 0 Å². The van der Waals surface area contributed by atoms with Crippen molar-refractivity contribution in [2.24, 2.45) is 17.8 Å². The summed E-state index contributed by atoms with van der Waals surface area (Å²) in [5, 5.41) is 2.92. The Kier molecular flexibility index (Phi) is 6.33. The van der Waals surface area contributed by atoms with Crippen LogP contribution in [0.1, 0.15) is 63.9 Å². The third-order valence-corrected chi connectivity index (χ3v) is 6.50. The van der Waals surface area contributed by atoms with Crippen molar-refractivity contribution in [2.45, 2.75) is 77.2 Å². The molecule has 2 amide bonds. The summed E-state index contributed by atoms with van der Waals surface area (Å²) in [4.78, 5) is 44.3. The Hall–Kier alpha value is -2.71. The van der Waals surface area contributed by atoms with E-state index in [1.807, 2.05) is 6.92 Å². The number of halogens is 1. The zero-order valence-corrected chi connectivity index (χ0v) is 19.5. The van der Waals surface area contributed by atoms with Gasteiger partial charge in [0.2, 0.25) is 0 Å². The highest BCUT2D eigenvalue weighted by Crippen LogP contribution is 2.41. The number of nitrogens with one attached hydrogen (secondary N) is 1. The van der Waals surface area contributed by atoms with Gasteiger partial charge in [0.05, 0.1) is 24.2 Å². The minimum Gasteiger partial charge on any atom is -0.458 e. The van der Waals surface area contributed by atoms with Crippen molar-refractivity contribution in [2.75, 3.05) is 6.54 Å². The fourth-order valence-electron chi connectivity index (χ4n) is 5.02. The summed E-state index contributed by atoms with van der Waals surface area (Å²) >= 11 is 0. The summed E-state index contributed by atoms with van der Waals surface area (Å²) in [6, 6.07) is 1.65. The lowest BCUT2D eigenvalue weighted by atomic mass is 9.85. The molecule has 1 aromatic heterocycles. The van der Waals surface area contributed by atoms with Gasteiger partial charge in [-0.05, 0) is 70.4 Å². The van der Waals surface area contributed by atoms with Crippen LogP contribution in [0.5, 0.6) is 0 Å². The minimum atomic E-state index is -0.711. The largest absolute Gasteiger partial charge is 0.458 e. The first-order valence-corrected chi connectivity index (χ1v) is 11.6. The smallest absolute Gasteiger partial charge is 0.408 e. The van der Waals surface area contributed by atoms with E-state index in [1.54, 1.807) is 25.7 Å². The van der Waals surface area contributed by atoms with Gasteiger partial charge in [-0.25, -0.2) is 14.2 Å². The van der Waals surface area contributed by atoms with E-state index in [0.29, 0.717) is 13.0 Å². The monoisotopic (exact) mass is 461 g/mol. The van der Waals surface area contributed by atoms with Crippen molar-refractivity contribution in [1.29, 1.82) is 0 Å². The first-order chi connectivity index (χ1) is 15.5. The quantitative estimate of drug-likeness (QED) is 0.691. The Morgan fingerprint density at radius 3 is 2.52 bits per heavy atom. The highest BCUT2D eigenvalue weighted by atomic mass is 19.1. The Bertz CT molecular complexity index is 912. The molecule has 4 fully saturated rings. The highest BCUT2D eigenvalue weighted by molar-refractivity contribution is 5.92. The average Bonchev–Trinajstić information content (AvgIpc) is 3.56. The van der Waals surface area contributed by atoms with E-state index in [1.165, 1.54) is 12.1 Å². The predicted molar refractivity (Wildman–Crippen MR) is 117 cm³/mol. The third kappa shape index (κ3) is 5.45. The Balaban J connectivity index is 1.63. The number of nitrogens with zero attached hydrogens (tertiary/aromatic N) is 2. The maximum atomic E-state index is 13.4. The van der Waals surface area contributed by atoms with E-state index in [2.05, 4.69) is 10.3 Å². The average molecular weight is 462 g/mol. The van der Waals surface area contributed by atoms with Gasteiger partial charge in [-0.15, -0.1) is 0 Å². The van der Waals surface area contributed by atoms with Crippen molar-refractivity contribution in [3.63, 3.8) is 0 Å². The third-order valence-electron chi connectivity index (χ3n) is 6.50. The van der Waals surface area contributed by atoms with Gasteiger partial charge in [0.1, 0.15) is 23.2 Å². The lowest BCUT2D eigenvalue weighted by Gasteiger charge is -2.43. The second kappa shape index (κ2) is 8.91. The molecule has 8 nitrogen and oxygen atoms in total. The van der Waals surface area contributed by atoms with Crippen LogP contribution in [0.2, 0.25) is 0 Å². The van der Waals surface area contributed by atoms with Crippen molar-refractivity contribution in [3.05, 3.63) is 29.8 Å². The molecule has 2 aliphatic carbocycles. The van der Waals surface area contributed by atoms with Crippen molar-refractivity contribution < 1.29 is 28.2 Å². The van der Waals surface area contributed by atoms with Crippen LogP contribution in [-0.2, 0) is 14.3 Å². The van der Waals surface area contributed by atoms with Crippen molar-refractivity contribution in [3.8, 4) is 0 Å². The Morgan fingerprint density at radius 1 is 1.18 bits per heavy atom. The zero-order chi connectivity index (χ0) is 23.9. The molecule has 5 rings (SSSR count). The molecule has 0 radical (unpaired) electrons. The van der Waals surface area contributed by atoms with E-state index < -0.39 is 35.7 Å². The van der Waals surface area contributed by atoms with E-state index in [9.17, 15) is 18.8 Å². The number of ether oxygens (including phenoxy) is 2. The number of esters is 1. The maximum absolute atomic E-state index is 13.4. The number of aromatic nitrogens is 1. The normalized spacial score (nSPS) is 29.2. The number of pyridine rings is 1. The summed E-state index contributed by atoms with van der Waals surface area (Å²) < 4.78 is 24.8. The molecule has 5 atom stereocenters. The van der Waals surface area contributed by atoms with Gasteiger partial charge < -0.3 is 19.7 Å². The molecule has 4 aliphatic rings. The van der Waals surface area contributed by atoms with Gasteiger partial charge in [0, 0.05) is 6.54 Å². The molecule has 3 heterocycles. The molecule has 1 N–H and O–H groups in total. The summed E-state index contributed by atoms with van der Waals surface area (Å²) in [5.74, 6) is -1.12. The number of carbonyl (C=O) groups excluding carboxylic acids is 3. The molecular formula is C24H32FN3O5. The van der Waals surface area contributed by atoms with Gasteiger partial charge in [-0.2, -0.15) is 0 Å². The SMILES string of the molecule is C[C@H]1C[C@H]2C[C@@H](NC(=O)OC(C)(C)C)[C@@H](OC(=O)C3CC3)[C@H]1N(C(=O)c1ccc(F)cn1)C2. The van der Waals surface area contributed by atoms with E-state index in [-0.39, 0.29) is 35.3 Å². The topological polar surface area (TPSA) is 97.8 Å². The zero-order valence-electron chi connectivity index (χ0n) is 19.5. The van der Waals surface area contributed by atoms with Crippen molar-refractivity contribution in [1.82, 2.24) is 15.2 Å². The Labute approximate surface area is 193 Å². The molecule has 0 aromatic carbocycles. The molecule has 2 aliphatic heterocycles. The van der Waals surface area contributed by atoms with E-state index >= 15 is 0 Å². The van der Waals surface area contributed by atoms with Crippen LogP contribution in [0.3, 0.4) is 0 Å². The molecule has 0 spiro atoms. The number of hydrogen-bond acceptors (Lipinski definition) is 6. The number of hydrogen-bond donors (Lipinski definition) is 1. The lowest BCUT2D eigenvalue weighted by Crippen LogP contribution is -2.58. The minimum absolute atomic E-state index is 0.0376. The standard InChI is InChI=1S/C24H32FN3O5/c1-13-9-14-10-18(27-23(31)33-24(2,3)4)20(32-22(30)15-5-6-15)19(13)28(12-14)21(29)17-8-7-16(25)11-26-17/h7-8,11,13-15,18-20H,5-6,9-10,12H2,1-4H3,(H,27,31)/t13-,14-,18+,19-,20+/m0/s1. The summed E-state index contributed by atoms with van der Waals surface area (Å²) in [5.41, 5.74) is -0.530. The highest BCUT2D eigenvalue weighted by Gasteiger charge is 2.51. The van der Waals surface area contributed by atoms with Crippen LogP contribution < -0.4 is 5.32 Å². The number of carbonyl (C=O) groups is 3. The fourth-order valence-corrected chi connectivity index (χ4v) is 5.02. The number of piperidine rings is 1. The summed E-state index contributed by atoms with van der Waals surface area (Å²) in [6.07, 6.45) is 2.72. The van der Waals surface area contributed by atoms with Gasteiger partial charge in [-0.3, -0.25) is 9.59 Å². The predicted octanol–water partition coefficient (Wildman–Crippen LogP) is 3.31. The molecule has 2 saturated heterocycles. The summed E-state index contributed by atoms with van der Waals surface area (Å²) in [6.45, 7) is 7.84. The Morgan fingerprint density at radius 2 is 1.91 bits per heavy atom. The molecule has 0 unspecified atom stereocenters.